The van der Waals surface area contributed by atoms with Crippen molar-refractivity contribution in [2.24, 2.45) is 0 Å². The van der Waals surface area contributed by atoms with Crippen LogP contribution in [0.1, 0.15) is 5.56 Å². The minimum Gasteiger partial charge on any atom is -0.408 e. The van der Waals surface area contributed by atoms with Crippen LogP contribution in [0.3, 0.4) is 0 Å². The molecule has 0 saturated carbocycles. The van der Waals surface area contributed by atoms with Crippen LogP contribution in [-0.2, 0) is 26.1 Å². The van der Waals surface area contributed by atoms with Crippen LogP contribution in [0.2, 0.25) is 0 Å². The van der Waals surface area contributed by atoms with Gasteiger partial charge in [0, 0.05) is 18.8 Å². The first-order chi connectivity index (χ1) is 14.3. The Labute approximate surface area is 172 Å². The van der Waals surface area contributed by atoms with Crippen LogP contribution in [0.4, 0.5) is 5.69 Å². The Hall–Kier alpha value is -2.95. The highest BCUT2D eigenvalue weighted by molar-refractivity contribution is 7.89. The van der Waals surface area contributed by atoms with Gasteiger partial charge in [-0.2, -0.15) is 4.31 Å². The quantitative estimate of drug-likeness (QED) is 0.656. The molecule has 1 fully saturated rings. The maximum atomic E-state index is 12.7. The van der Waals surface area contributed by atoms with Crippen LogP contribution in [0.25, 0.3) is 11.1 Å². The molecule has 0 radical (unpaired) electrons. The first-order valence-corrected chi connectivity index (χ1v) is 10.9. The number of aryl methyl sites for hydroxylation is 1. The Morgan fingerprint density at radius 1 is 1.10 bits per heavy atom. The molecule has 0 atom stereocenters. The lowest BCUT2D eigenvalue weighted by molar-refractivity contribution is -0.116. The van der Waals surface area contributed by atoms with E-state index >= 15 is 0 Å². The largest absolute Gasteiger partial charge is 0.420 e. The lowest BCUT2D eigenvalue weighted by Crippen LogP contribution is -2.40. The summed E-state index contributed by atoms with van der Waals surface area (Å²) in [5, 5.41) is 2.68. The Morgan fingerprint density at radius 3 is 2.50 bits per heavy atom. The molecule has 4 rings (SSSR count). The molecule has 1 aliphatic rings. The topological polar surface area (TPSA) is 111 Å². The smallest absolute Gasteiger partial charge is 0.408 e. The van der Waals surface area contributed by atoms with Crippen molar-refractivity contribution in [3.8, 4) is 0 Å². The van der Waals surface area contributed by atoms with Gasteiger partial charge in [0.05, 0.1) is 23.6 Å². The van der Waals surface area contributed by atoms with Crippen LogP contribution >= 0.6 is 0 Å². The highest BCUT2D eigenvalue weighted by atomic mass is 32.2. The van der Waals surface area contributed by atoms with E-state index in [1.165, 1.54) is 33.1 Å². The molecule has 9 nitrogen and oxygen atoms in total. The molecule has 10 heteroatoms. The van der Waals surface area contributed by atoms with Gasteiger partial charge in [0.2, 0.25) is 15.9 Å². The number of ether oxygens (including phenoxy) is 1. The predicted octanol–water partition coefficient (Wildman–Crippen LogP) is 1.56. The number of aromatic nitrogens is 1. The van der Waals surface area contributed by atoms with Gasteiger partial charge in [-0.05, 0) is 48.9 Å². The summed E-state index contributed by atoms with van der Waals surface area (Å²) in [5.74, 6) is -1.04. The molecule has 1 saturated heterocycles. The molecule has 158 valence electrons. The van der Waals surface area contributed by atoms with E-state index < -0.39 is 21.7 Å². The molecule has 1 amide bonds. The number of nitrogens with zero attached hydrogens (tertiary/aromatic N) is 2. The summed E-state index contributed by atoms with van der Waals surface area (Å²) in [6, 6.07) is 11.2. The number of hydrogen-bond acceptors (Lipinski definition) is 6. The Bertz CT molecular complexity index is 1240. The number of nitrogens with one attached hydrogen (secondary N) is 1. The Balaban J connectivity index is 1.47. The van der Waals surface area contributed by atoms with Crippen molar-refractivity contribution >= 4 is 32.7 Å². The molecule has 2 heterocycles. The average molecular weight is 431 g/mol. The number of sulfonamides is 1. The van der Waals surface area contributed by atoms with E-state index in [1.807, 2.05) is 13.0 Å². The first kappa shape index (κ1) is 20.3. The summed E-state index contributed by atoms with van der Waals surface area (Å²) in [4.78, 5) is 24.7. The number of rotatable bonds is 5. The van der Waals surface area contributed by atoms with Gasteiger partial charge in [-0.15, -0.1) is 0 Å². The average Bonchev–Trinajstić information content (AvgIpc) is 3.03. The fourth-order valence-corrected chi connectivity index (χ4v) is 4.72. The van der Waals surface area contributed by atoms with Gasteiger partial charge in [0.25, 0.3) is 0 Å². The van der Waals surface area contributed by atoms with Gasteiger partial charge in [0.1, 0.15) is 6.54 Å². The third kappa shape index (κ3) is 4.02. The van der Waals surface area contributed by atoms with Gasteiger partial charge in [0.15, 0.2) is 5.58 Å². The fraction of sp³-hybridized carbons (Fsp3) is 0.300. The monoisotopic (exact) mass is 431 g/mol. The zero-order valence-corrected chi connectivity index (χ0v) is 17.1. The second kappa shape index (κ2) is 8.05. The van der Waals surface area contributed by atoms with E-state index in [4.69, 9.17) is 9.15 Å². The molecular weight excluding hydrogens is 410 g/mol. The van der Waals surface area contributed by atoms with E-state index in [0.717, 1.165) is 5.56 Å². The number of amides is 1. The lowest BCUT2D eigenvalue weighted by atomic mass is 10.2. The van der Waals surface area contributed by atoms with Crippen LogP contribution in [-0.4, -0.2) is 49.5 Å². The number of carbonyl (C=O) groups excluding carboxylic acids is 1. The third-order valence-electron chi connectivity index (χ3n) is 4.87. The summed E-state index contributed by atoms with van der Waals surface area (Å²) in [7, 11) is -3.60. The van der Waals surface area contributed by atoms with Crippen molar-refractivity contribution < 1.29 is 22.4 Å². The fourth-order valence-electron chi connectivity index (χ4n) is 3.31. The number of carbonyl (C=O) groups is 1. The van der Waals surface area contributed by atoms with Gasteiger partial charge in [-0.1, -0.05) is 6.07 Å². The number of hydrogen-bond donors (Lipinski definition) is 1. The van der Waals surface area contributed by atoms with E-state index in [2.05, 4.69) is 5.32 Å². The molecule has 1 N–H and O–H groups in total. The number of fused-ring (bicyclic) bond motifs is 1. The van der Waals surface area contributed by atoms with Gasteiger partial charge >= 0.3 is 5.76 Å². The highest BCUT2D eigenvalue weighted by Gasteiger charge is 2.26. The number of benzene rings is 2. The van der Waals surface area contributed by atoms with E-state index in [1.54, 1.807) is 12.1 Å². The molecule has 0 unspecified atom stereocenters. The molecular formula is C20H21N3O6S. The second-order valence-electron chi connectivity index (χ2n) is 7.01. The van der Waals surface area contributed by atoms with Crippen molar-refractivity contribution in [3.05, 3.63) is 58.6 Å². The van der Waals surface area contributed by atoms with Gasteiger partial charge in [-0.3, -0.25) is 9.36 Å². The molecule has 0 aliphatic carbocycles. The van der Waals surface area contributed by atoms with Crippen molar-refractivity contribution in [1.82, 2.24) is 8.87 Å². The summed E-state index contributed by atoms with van der Waals surface area (Å²) in [6.45, 7) is 3.03. The molecule has 1 aliphatic heterocycles. The second-order valence-corrected chi connectivity index (χ2v) is 8.95. The lowest BCUT2D eigenvalue weighted by Gasteiger charge is -2.26. The van der Waals surface area contributed by atoms with Gasteiger partial charge in [-0.25, -0.2) is 13.2 Å². The third-order valence-corrected chi connectivity index (χ3v) is 6.78. The highest BCUT2D eigenvalue weighted by Crippen LogP contribution is 2.20. The summed E-state index contributed by atoms with van der Waals surface area (Å²) in [5.41, 5.74) is 2.32. The van der Waals surface area contributed by atoms with Crippen molar-refractivity contribution in [2.45, 2.75) is 18.4 Å². The number of anilines is 1. The van der Waals surface area contributed by atoms with E-state index in [9.17, 15) is 18.0 Å². The minimum absolute atomic E-state index is 0.148. The Morgan fingerprint density at radius 2 is 1.80 bits per heavy atom. The maximum Gasteiger partial charge on any atom is 0.420 e. The summed E-state index contributed by atoms with van der Waals surface area (Å²) < 4.78 is 38.3. The number of oxazole rings is 1. The normalized spacial score (nSPS) is 15.4. The molecule has 0 spiro atoms. The van der Waals surface area contributed by atoms with E-state index in [0.29, 0.717) is 43.1 Å². The van der Waals surface area contributed by atoms with Crippen LogP contribution in [0, 0.1) is 6.92 Å². The van der Waals surface area contributed by atoms with Crippen LogP contribution in [0.15, 0.2) is 56.6 Å². The summed E-state index contributed by atoms with van der Waals surface area (Å²) >= 11 is 0. The van der Waals surface area contributed by atoms with Crippen molar-refractivity contribution in [2.75, 3.05) is 31.6 Å². The maximum absolute atomic E-state index is 12.7. The van der Waals surface area contributed by atoms with Gasteiger partial charge < -0.3 is 14.5 Å². The molecule has 2 aromatic carbocycles. The zero-order valence-electron chi connectivity index (χ0n) is 16.3. The van der Waals surface area contributed by atoms with Crippen LogP contribution < -0.4 is 11.1 Å². The van der Waals surface area contributed by atoms with E-state index in [-0.39, 0.29) is 11.4 Å². The number of morpholine rings is 1. The predicted molar refractivity (Wildman–Crippen MR) is 110 cm³/mol. The zero-order chi connectivity index (χ0) is 21.3. The Kier molecular flexibility index (Phi) is 5.46. The van der Waals surface area contributed by atoms with Crippen LogP contribution in [0.5, 0.6) is 0 Å². The van der Waals surface area contributed by atoms with Crippen molar-refractivity contribution in [3.63, 3.8) is 0 Å². The molecule has 0 bridgehead atoms. The molecule has 1 aromatic heterocycles. The molecule has 30 heavy (non-hydrogen) atoms. The van der Waals surface area contributed by atoms with Crippen molar-refractivity contribution in [1.29, 1.82) is 0 Å². The minimum atomic E-state index is -3.60. The SMILES string of the molecule is Cc1ccc2oc(=O)n(CC(=O)Nc3ccc(S(=O)(=O)N4CCOCC4)cc3)c2c1. The molecule has 3 aromatic rings. The standard InChI is InChI=1S/C20H21N3O6S/c1-14-2-7-18-17(12-14)23(20(25)29-18)13-19(24)21-15-3-5-16(6-4-15)30(26,27)22-8-10-28-11-9-22/h2-7,12H,8-11,13H2,1H3,(H,21,24). The summed E-state index contributed by atoms with van der Waals surface area (Å²) in [6.07, 6.45) is 0. The first-order valence-electron chi connectivity index (χ1n) is 9.42.